The first-order valence-corrected chi connectivity index (χ1v) is 9.95. The lowest BCUT2D eigenvalue weighted by molar-refractivity contribution is -0.126. The number of aromatic nitrogens is 1. The summed E-state index contributed by atoms with van der Waals surface area (Å²) in [5, 5.41) is 0. The van der Waals surface area contributed by atoms with Crippen molar-refractivity contribution in [2.45, 2.75) is 25.5 Å². The molecule has 1 aromatic heterocycles. The third-order valence-electron chi connectivity index (χ3n) is 5.15. The van der Waals surface area contributed by atoms with Crippen LogP contribution in [0.3, 0.4) is 0 Å². The van der Waals surface area contributed by atoms with E-state index in [0.29, 0.717) is 6.61 Å². The molecule has 0 N–H and O–H groups in total. The van der Waals surface area contributed by atoms with Gasteiger partial charge < -0.3 is 9.64 Å². The van der Waals surface area contributed by atoms with E-state index in [1.54, 1.807) is 18.5 Å². The zero-order chi connectivity index (χ0) is 19.9. The monoisotopic (exact) mass is 384 g/mol. The zero-order valence-electron chi connectivity index (χ0n) is 16.3. The number of ether oxygens (including phenoxy) is 1. The van der Waals surface area contributed by atoms with Crippen LogP contribution in [0, 0.1) is 0 Å². The Labute approximate surface area is 171 Å². The highest BCUT2D eigenvalue weighted by atomic mass is 16.5. The lowest BCUT2D eigenvalue weighted by Gasteiger charge is -2.23. The Balaban J connectivity index is 1.35. The largest absolute Gasteiger partial charge is 0.489 e. The van der Waals surface area contributed by atoms with Crippen LogP contribution in [0.2, 0.25) is 0 Å². The summed E-state index contributed by atoms with van der Waals surface area (Å²) in [4.78, 5) is 18.8. The standard InChI is InChI=1S/C25H24N2O2/c28-25(27-17-5-9-24(27)22-7-2-1-3-8-22)15-12-20-10-13-23(14-11-20)29-19-21-6-4-16-26-18-21/h1-4,6-8,10-16,18,24H,5,9,17,19H2/b15-12-/t24-/m1/s1. The maximum atomic E-state index is 12.7. The Kier molecular flexibility index (Phi) is 6.01. The summed E-state index contributed by atoms with van der Waals surface area (Å²) in [7, 11) is 0. The second kappa shape index (κ2) is 9.20. The quantitative estimate of drug-likeness (QED) is 0.559. The van der Waals surface area contributed by atoms with Crippen LogP contribution in [-0.2, 0) is 11.4 Å². The molecule has 1 fully saturated rings. The second-order valence-electron chi connectivity index (χ2n) is 7.15. The molecule has 146 valence electrons. The van der Waals surface area contributed by atoms with E-state index in [1.165, 1.54) is 5.56 Å². The van der Waals surface area contributed by atoms with E-state index in [2.05, 4.69) is 17.1 Å². The van der Waals surface area contributed by atoms with Crippen molar-refractivity contribution >= 4 is 12.0 Å². The van der Waals surface area contributed by atoms with Crippen molar-refractivity contribution in [2.24, 2.45) is 0 Å². The SMILES string of the molecule is O=C(/C=C\c1ccc(OCc2cccnc2)cc1)N1CCC[C@@H]1c1ccccc1. The molecule has 4 heteroatoms. The molecule has 0 bridgehead atoms. The molecule has 0 aliphatic carbocycles. The van der Waals surface area contributed by atoms with Gasteiger partial charge in [-0.05, 0) is 48.2 Å². The number of amides is 1. The Hall–Kier alpha value is -3.40. The molecule has 0 radical (unpaired) electrons. The summed E-state index contributed by atoms with van der Waals surface area (Å²) in [6.45, 7) is 1.29. The summed E-state index contributed by atoms with van der Waals surface area (Å²) in [5.41, 5.74) is 3.21. The molecule has 4 nitrogen and oxygen atoms in total. The molecule has 1 aliphatic heterocycles. The van der Waals surface area contributed by atoms with Crippen molar-refractivity contribution in [3.8, 4) is 5.75 Å². The van der Waals surface area contributed by atoms with E-state index >= 15 is 0 Å². The lowest BCUT2D eigenvalue weighted by Crippen LogP contribution is -2.28. The minimum Gasteiger partial charge on any atom is -0.489 e. The second-order valence-corrected chi connectivity index (χ2v) is 7.15. The third kappa shape index (κ3) is 4.91. The number of carbonyl (C=O) groups is 1. The molecule has 1 atom stereocenters. The smallest absolute Gasteiger partial charge is 0.247 e. The van der Waals surface area contributed by atoms with Crippen LogP contribution in [0.4, 0.5) is 0 Å². The summed E-state index contributed by atoms with van der Waals surface area (Å²) in [5.74, 6) is 0.856. The zero-order valence-corrected chi connectivity index (χ0v) is 16.3. The average molecular weight is 384 g/mol. The topological polar surface area (TPSA) is 42.4 Å². The minimum atomic E-state index is 0.0632. The molecule has 1 amide bonds. The predicted molar refractivity (Wildman–Crippen MR) is 114 cm³/mol. The Morgan fingerprint density at radius 1 is 1.07 bits per heavy atom. The first-order valence-electron chi connectivity index (χ1n) is 9.95. The Bertz CT molecular complexity index is 953. The van der Waals surface area contributed by atoms with Crippen molar-refractivity contribution in [1.82, 2.24) is 9.88 Å². The number of pyridine rings is 1. The highest BCUT2D eigenvalue weighted by Crippen LogP contribution is 2.32. The fraction of sp³-hybridized carbons (Fsp3) is 0.200. The molecular formula is C25H24N2O2. The van der Waals surface area contributed by atoms with Crippen LogP contribution in [0.1, 0.15) is 35.6 Å². The van der Waals surface area contributed by atoms with Crippen LogP contribution < -0.4 is 4.74 Å². The van der Waals surface area contributed by atoms with Crippen molar-refractivity contribution in [1.29, 1.82) is 0 Å². The van der Waals surface area contributed by atoms with Gasteiger partial charge in [0.25, 0.3) is 0 Å². The van der Waals surface area contributed by atoms with E-state index in [0.717, 1.165) is 36.3 Å². The molecule has 1 saturated heterocycles. The Morgan fingerprint density at radius 3 is 2.66 bits per heavy atom. The maximum absolute atomic E-state index is 12.7. The van der Waals surface area contributed by atoms with Crippen molar-refractivity contribution in [3.05, 3.63) is 102 Å². The molecular weight excluding hydrogens is 360 g/mol. The van der Waals surface area contributed by atoms with Gasteiger partial charge in [-0.1, -0.05) is 48.5 Å². The molecule has 29 heavy (non-hydrogen) atoms. The number of carbonyl (C=O) groups excluding carboxylic acids is 1. The van der Waals surface area contributed by atoms with Gasteiger partial charge in [-0.2, -0.15) is 0 Å². The number of likely N-dealkylation sites (tertiary alicyclic amines) is 1. The fourth-order valence-corrected chi connectivity index (χ4v) is 3.64. The minimum absolute atomic E-state index is 0.0632. The van der Waals surface area contributed by atoms with Gasteiger partial charge in [0.2, 0.25) is 5.91 Å². The Morgan fingerprint density at radius 2 is 1.90 bits per heavy atom. The predicted octanol–water partition coefficient (Wildman–Crippen LogP) is 5.04. The molecule has 0 saturated carbocycles. The van der Waals surface area contributed by atoms with E-state index in [-0.39, 0.29) is 11.9 Å². The molecule has 2 aromatic carbocycles. The highest BCUT2D eigenvalue weighted by molar-refractivity contribution is 5.92. The normalized spacial score (nSPS) is 16.3. The van der Waals surface area contributed by atoms with Crippen molar-refractivity contribution in [2.75, 3.05) is 6.54 Å². The first-order chi connectivity index (χ1) is 14.3. The summed E-state index contributed by atoms with van der Waals surface area (Å²) < 4.78 is 5.78. The molecule has 0 spiro atoms. The van der Waals surface area contributed by atoms with Gasteiger partial charge in [0, 0.05) is 30.6 Å². The van der Waals surface area contributed by atoms with Crippen molar-refractivity contribution in [3.63, 3.8) is 0 Å². The van der Waals surface area contributed by atoms with Gasteiger partial charge in [0.05, 0.1) is 6.04 Å². The van der Waals surface area contributed by atoms with Crippen LogP contribution >= 0.6 is 0 Å². The third-order valence-corrected chi connectivity index (χ3v) is 5.15. The number of nitrogens with zero attached hydrogens (tertiary/aromatic N) is 2. The van der Waals surface area contributed by atoms with Crippen LogP contribution in [0.25, 0.3) is 6.08 Å². The molecule has 2 heterocycles. The van der Waals surface area contributed by atoms with Gasteiger partial charge in [-0.15, -0.1) is 0 Å². The van der Waals surface area contributed by atoms with E-state index < -0.39 is 0 Å². The van der Waals surface area contributed by atoms with Gasteiger partial charge in [0.15, 0.2) is 0 Å². The average Bonchev–Trinajstić information content (AvgIpc) is 3.28. The summed E-state index contributed by atoms with van der Waals surface area (Å²) >= 11 is 0. The summed E-state index contributed by atoms with van der Waals surface area (Å²) in [6, 6.07) is 22.1. The highest BCUT2D eigenvalue weighted by Gasteiger charge is 2.28. The first kappa shape index (κ1) is 18.9. The maximum Gasteiger partial charge on any atom is 0.247 e. The molecule has 0 unspecified atom stereocenters. The lowest BCUT2D eigenvalue weighted by atomic mass is 10.0. The number of hydrogen-bond donors (Lipinski definition) is 0. The molecule has 3 aromatic rings. The summed E-state index contributed by atoms with van der Waals surface area (Å²) in [6.07, 6.45) is 9.15. The van der Waals surface area contributed by atoms with Crippen LogP contribution in [0.5, 0.6) is 5.75 Å². The molecule has 4 rings (SSSR count). The van der Waals surface area contributed by atoms with Gasteiger partial charge in [0.1, 0.15) is 12.4 Å². The fourth-order valence-electron chi connectivity index (χ4n) is 3.64. The van der Waals surface area contributed by atoms with Crippen LogP contribution in [-0.4, -0.2) is 22.3 Å². The molecule has 1 aliphatic rings. The van der Waals surface area contributed by atoms with E-state index in [4.69, 9.17) is 4.74 Å². The van der Waals surface area contributed by atoms with Crippen LogP contribution in [0.15, 0.2) is 85.2 Å². The number of hydrogen-bond acceptors (Lipinski definition) is 3. The van der Waals surface area contributed by atoms with Crippen molar-refractivity contribution < 1.29 is 9.53 Å². The number of rotatable bonds is 6. The van der Waals surface area contributed by atoms with Gasteiger partial charge in [-0.3, -0.25) is 9.78 Å². The van der Waals surface area contributed by atoms with Gasteiger partial charge in [-0.25, -0.2) is 0 Å². The van der Waals surface area contributed by atoms with E-state index in [1.807, 2.05) is 65.6 Å². The van der Waals surface area contributed by atoms with Gasteiger partial charge >= 0.3 is 0 Å². The van der Waals surface area contributed by atoms with E-state index in [9.17, 15) is 4.79 Å². The number of benzene rings is 2.